The van der Waals surface area contributed by atoms with E-state index in [9.17, 15) is 24.5 Å². The van der Waals surface area contributed by atoms with Crippen molar-refractivity contribution < 1.29 is 18.9 Å². The zero-order valence-electron chi connectivity index (χ0n) is 13.7. The summed E-state index contributed by atoms with van der Waals surface area (Å²) < 4.78 is 6.10. The van der Waals surface area contributed by atoms with Crippen LogP contribution < -0.4 is 5.56 Å². The highest BCUT2D eigenvalue weighted by Crippen LogP contribution is 2.11. The minimum Gasteiger partial charge on any atom is -0.459 e. The van der Waals surface area contributed by atoms with Crippen LogP contribution in [0, 0.1) is 10.1 Å². The number of furan rings is 1. The zero-order chi connectivity index (χ0) is 18.7. The fourth-order valence-corrected chi connectivity index (χ4v) is 2.71. The van der Waals surface area contributed by atoms with E-state index >= 15 is 0 Å². The Morgan fingerprint density at radius 1 is 1.12 bits per heavy atom. The molecule has 0 aliphatic carbocycles. The third kappa shape index (κ3) is 3.63. The van der Waals surface area contributed by atoms with Crippen molar-refractivity contribution >= 4 is 17.5 Å². The number of pyridine rings is 1. The average molecular weight is 360 g/mol. The molecule has 0 saturated carbocycles. The average Bonchev–Trinajstić information content (AvgIpc) is 3.17. The molecule has 136 valence electrons. The van der Waals surface area contributed by atoms with Gasteiger partial charge in [0.15, 0.2) is 5.76 Å². The molecule has 1 aliphatic heterocycles. The molecule has 1 aliphatic rings. The first-order valence-corrected chi connectivity index (χ1v) is 7.91. The van der Waals surface area contributed by atoms with Crippen LogP contribution in [0.4, 0.5) is 5.69 Å². The van der Waals surface area contributed by atoms with E-state index in [4.69, 9.17) is 4.42 Å². The standard InChI is InChI=1S/C16H16N4O6/c21-14-4-3-12(20(24)25)10-19(14)11-15(22)17-5-7-18(8-6-17)16(23)13-2-1-9-26-13/h1-4,9-10H,5-8,11H2. The van der Waals surface area contributed by atoms with Crippen molar-refractivity contribution in [3.63, 3.8) is 0 Å². The zero-order valence-corrected chi connectivity index (χ0v) is 13.7. The molecule has 1 saturated heterocycles. The maximum atomic E-state index is 12.4. The summed E-state index contributed by atoms with van der Waals surface area (Å²) in [4.78, 5) is 49.6. The molecule has 3 rings (SSSR count). The van der Waals surface area contributed by atoms with Crippen LogP contribution >= 0.6 is 0 Å². The van der Waals surface area contributed by atoms with E-state index in [2.05, 4.69) is 0 Å². The quantitative estimate of drug-likeness (QED) is 0.573. The first-order valence-electron chi connectivity index (χ1n) is 7.91. The number of nitro groups is 1. The smallest absolute Gasteiger partial charge is 0.289 e. The molecule has 10 heteroatoms. The summed E-state index contributed by atoms with van der Waals surface area (Å²) in [6.07, 6.45) is 2.47. The number of piperazine rings is 1. The summed E-state index contributed by atoms with van der Waals surface area (Å²) in [6, 6.07) is 5.37. The number of rotatable bonds is 4. The lowest BCUT2D eigenvalue weighted by atomic mass is 10.2. The van der Waals surface area contributed by atoms with Gasteiger partial charge >= 0.3 is 0 Å². The summed E-state index contributed by atoms with van der Waals surface area (Å²) >= 11 is 0. The Kier molecular flexibility index (Phi) is 4.83. The summed E-state index contributed by atoms with van der Waals surface area (Å²) in [5, 5.41) is 10.8. The van der Waals surface area contributed by atoms with Gasteiger partial charge in [-0.3, -0.25) is 29.1 Å². The number of aromatic nitrogens is 1. The fourth-order valence-electron chi connectivity index (χ4n) is 2.71. The normalized spacial score (nSPS) is 14.3. The number of carbonyl (C=O) groups is 2. The minimum atomic E-state index is -0.626. The van der Waals surface area contributed by atoms with E-state index < -0.39 is 10.5 Å². The molecule has 3 heterocycles. The van der Waals surface area contributed by atoms with Crippen LogP contribution in [0.25, 0.3) is 0 Å². The van der Waals surface area contributed by atoms with Crippen molar-refractivity contribution in [2.45, 2.75) is 6.54 Å². The van der Waals surface area contributed by atoms with Gasteiger partial charge in [-0.2, -0.15) is 0 Å². The Morgan fingerprint density at radius 2 is 1.81 bits per heavy atom. The Balaban J connectivity index is 1.61. The highest BCUT2D eigenvalue weighted by atomic mass is 16.6. The maximum absolute atomic E-state index is 12.4. The van der Waals surface area contributed by atoms with Crippen LogP contribution in [0.2, 0.25) is 0 Å². The molecule has 2 amide bonds. The molecule has 0 spiro atoms. The molecular formula is C16H16N4O6. The molecule has 2 aromatic heterocycles. The van der Waals surface area contributed by atoms with Crippen LogP contribution in [0.1, 0.15) is 10.6 Å². The number of hydrogen-bond acceptors (Lipinski definition) is 6. The second kappa shape index (κ2) is 7.21. The lowest BCUT2D eigenvalue weighted by molar-refractivity contribution is -0.385. The molecule has 26 heavy (non-hydrogen) atoms. The SMILES string of the molecule is O=C(Cn1cc([N+](=O)[O-])ccc1=O)N1CCN(C(=O)c2ccco2)CC1. The van der Waals surface area contributed by atoms with E-state index in [1.807, 2.05) is 0 Å². The summed E-state index contributed by atoms with van der Waals surface area (Å²) in [6.45, 7) is 1.03. The summed E-state index contributed by atoms with van der Waals surface area (Å²) in [7, 11) is 0. The predicted octanol–water partition coefficient (Wildman–Crippen LogP) is 0.334. The second-order valence-electron chi connectivity index (χ2n) is 5.76. The van der Waals surface area contributed by atoms with Crippen LogP contribution in [0.5, 0.6) is 0 Å². The van der Waals surface area contributed by atoms with Gasteiger partial charge in [0, 0.05) is 38.3 Å². The molecule has 0 N–H and O–H groups in total. The van der Waals surface area contributed by atoms with Gasteiger partial charge < -0.3 is 14.2 Å². The lowest BCUT2D eigenvalue weighted by Crippen LogP contribution is -2.51. The third-order valence-corrected chi connectivity index (χ3v) is 4.14. The highest BCUT2D eigenvalue weighted by Gasteiger charge is 2.26. The molecule has 2 aromatic rings. The van der Waals surface area contributed by atoms with Crippen molar-refractivity contribution in [2.75, 3.05) is 26.2 Å². The van der Waals surface area contributed by atoms with E-state index in [0.29, 0.717) is 26.2 Å². The number of amides is 2. The Morgan fingerprint density at radius 3 is 2.42 bits per heavy atom. The van der Waals surface area contributed by atoms with Crippen molar-refractivity contribution in [3.05, 3.63) is 63.0 Å². The van der Waals surface area contributed by atoms with Gasteiger partial charge in [-0.15, -0.1) is 0 Å². The number of hydrogen-bond donors (Lipinski definition) is 0. The molecule has 0 bridgehead atoms. The van der Waals surface area contributed by atoms with Crippen LogP contribution in [0.3, 0.4) is 0 Å². The Labute approximate surface area is 147 Å². The summed E-state index contributed by atoms with van der Waals surface area (Å²) in [5.41, 5.74) is -0.748. The van der Waals surface area contributed by atoms with E-state index in [0.717, 1.165) is 22.9 Å². The highest BCUT2D eigenvalue weighted by molar-refractivity contribution is 5.91. The van der Waals surface area contributed by atoms with E-state index in [-0.39, 0.29) is 29.8 Å². The van der Waals surface area contributed by atoms with Crippen molar-refractivity contribution in [1.29, 1.82) is 0 Å². The van der Waals surface area contributed by atoms with E-state index in [1.54, 1.807) is 17.0 Å². The molecule has 0 unspecified atom stereocenters. The first kappa shape index (κ1) is 17.4. The van der Waals surface area contributed by atoms with Gasteiger partial charge in [-0.05, 0) is 12.1 Å². The van der Waals surface area contributed by atoms with Crippen molar-refractivity contribution in [2.24, 2.45) is 0 Å². The van der Waals surface area contributed by atoms with Crippen molar-refractivity contribution in [3.8, 4) is 0 Å². The summed E-state index contributed by atoms with van der Waals surface area (Å²) in [5.74, 6) is -0.331. The Hall–Kier alpha value is -3.43. The Bertz CT molecular complexity index is 880. The van der Waals surface area contributed by atoms with Crippen LogP contribution in [-0.2, 0) is 11.3 Å². The topological polar surface area (TPSA) is 119 Å². The first-order chi connectivity index (χ1) is 12.5. The minimum absolute atomic E-state index is 0.239. The van der Waals surface area contributed by atoms with Gasteiger partial charge in [0.05, 0.1) is 17.4 Å². The molecule has 0 atom stereocenters. The fraction of sp³-hybridized carbons (Fsp3) is 0.312. The van der Waals surface area contributed by atoms with Gasteiger partial charge in [0.1, 0.15) is 6.54 Å². The largest absolute Gasteiger partial charge is 0.459 e. The van der Waals surface area contributed by atoms with Gasteiger partial charge in [0.25, 0.3) is 17.2 Å². The van der Waals surface area contributed by atoms with Gasteiger partial charge in [0.2, 0.25) is 5.91 Å². The lowest BCUT2D eigenvalue weighted by Gasteiger charge is -2.34. The molecule has 0 aromatic carbocycles. The van der Waals surface area contributed by atoms with Gasteiger partial charge in [-0.1, -0.05) is 0 Å². The monoisotopic (exact) mass is 360 g/mol. The predicted molar refractivity (Wildman–Crippen MR) is 88.5 cm³/mol. The van der Waals surface area contributed by atoms with Gasteiger partial charge in [-0.25, -0.2) is 0 Å². The number of carbonyl (C=O) groups excluding carboxylic acids is 2. The van der Waals surface area contributed by atoms with E-state index in [1.165, 1.54) is 11.2 Å². The van der Waals surface area contributed by atoms with Crippen molar-refractivity contribution in [1.82, 2.24) is 14.4 Å². The molecule has 1 fully saturated rings. The second-order valence-corrected chi connectivity index (χ2v) is 5.76. The molecule has 0 radical (unpaired) electrons. The third-order valence-electron chi connectivity index (χ3n) is 4.14. The van der Waals surface area contributed by atoms with Crippen LogP contribution in [-0.4, -0.2) is 57.3 Å². The molecular weight excluding hydrogens is 344 g/mol. The van der Waals surface area contributed by atoms with Crippen LogP contribution in [0.15, 0.2) is 45.9 Å². The number of nitrogens with zero attached hydrogens (tertiary/aromatic N) is 4. The molecule has 10 nitrogen and oxygen atoms in total. The maximum Gasteiger partial charge on any atom is 0.289 e.